The molecule has 2 rings (SSSR count). The third-order valence-corrected chi connectivity index (χ3v) is 5.90. The smallest absolute Gasteiger partial charge is 0.103 e. The van der Waals surface area contributed by atoms with Gasteiger partial charge in [-0.3, -0.25) is 0 Å². The lowest BCUT2D eigenvalue weighted by atomic mass is 9.56. The molecule has 0 amide bonds. The zero-order valence-corrected chi connectivity index (χ0v) is 11.4. The number of hydrogen-bond donors (Lipinski definition) is 0. The Hall–Kier alpha value is -0.160. The van der Waals surface area contributed by atoms with Crippen LogP contribution in [0.1, 0.15) is 58.8 Å². The highest BCUT2D eigenvalue weighted by atomic mass is 32.2. The molecule has 2 fully saturated rings. The summed E-state index contributed by atoms with van der Waals surface area (Å²) in [4.78, 5) is 0. The Morgan fingerprint density at radius 1 is 1.19 bits per heavy atom. The molecule has 0 bridgehead atoms. The van der Waals surface area contributed by atoms with Gasteiger partial charge in [0.05, 0.1) is 6.07 Å². The van der Waals surface area contributed by atoms with Crippen molar-refractivity contribution < 1.29 is 0 Å². The largest absolute Gasteiger partial charge is 0.197 e. The number of nitrogens with zero attached hydrogens (tertiary/aromatic N) is 1. The van der Waals surface area contributed by atoms with Crippen molar-refractivity contribution in [1.29, 1.82) is 5.26 Å². The summed E-state index contributed by atoms with van der Waals surface area (Å²) in [6.07, 6.45) is 9.34. The van der Waals surface area contributed by atoms with Crippen LogP contribution in [0.15, 0.2) is 0 Å². The van der Waals surface area contributed by atoms with Gasteiger partial charge in [0.15, 0.2) is 0 Å². The fourth-order valence-corrected chi connectivity index (χ4v) is 4.89. The maximum atomic E-state index is 9.39. The molecule has 90 valence electrons. The molecule has 16 heavy (non-hydrogen) atoms. The molecular weight excluding hydrogens is 214 g/mol. The second-order valence-electron chi connectivity index (χ2n) is 6.23. The van der Waals surface area contributed by atoms with Gasteiger partial charge >= 0.3 is 0 Å². The van der Waals surface area contributed by atoms with Crippen LogP contribution in [0, 0.1) is 22.7 Å². The monoisotopic (exact) mass is 237 g/mol. The van der Waals surface area contributed by atoms with Crippen LogP contribution in [0.4, 0.5) is 0 Å². The molecule has 1 spiro atoms. The first-order valence-corrected chi connectivity index (χ1v) is 7.64. The van der Waals surface area contributed by atoms with Gasteiger partial charge in [-0.2, -0.15) is 5.26 Å². The first-order valence-electron chi connectivity index (χ1n) is 6.65. The maximum Gasteiger partial charge on any atom is 0.103 e. The van der Waals surface area contributed by atoms with E-state index in [0.29, 0.717) is 11.3 Å². The highest BCUT2D eigenvalue weighted by Crippen LogP contribution is 2.61. The van der Waals surface area contributed by atoms with Crippen LogP contribution in [0.5, 0.6) is 0 Å². The van der Waals surface area contributed by atoms with Gasteiger partial charge in [0.25, 0.3) is 0 Å². The van der Waals surface area contributed by atoms with Gasteiger partial charge in [0.2, 0.25) is 0 Å². The molecule has 0 radical (unpaired) electrons. The number of rotatable bonds is 3. The average Bonchev–Trinajstić information content (AvgIpc) is 2.24. The van der Waals surface area contributed by atoms with Crippen molar-refractivity contribution in [3.63, 3.8) is 0 Å². The lowest BCUT2D eigenvalue weighted by Gasteiger charge is -2.54. The van der Waals surface area contributed by atoms with E-state index >= 15 is 0 Å². The Labute approximate surface area is 104 Å². The zero-order chi connectivity index (χ0) is 11.6. The Morgan fingerprint density at radius 2 is 1.81 bits per heavy atom. The lowest BCUT2D eigenvalue weighted by molar-refractivity contribution is 0.0592. The van der Waals surface area contributed by atoms with Crippen LogP contribution in [-0.2, 0) is 0 Å². The summed E-state index contributed by atoms with van der Waals surface area (Å²) in [5.41, 5.74) is 0.581. The lowest BCUT2D eigenvalue weighted by Crippen LogP contribution is -2.50. The molecule has 0 aromatic rings. The van der Waals surface area contributed by atoms with Crippen molar-refractivity contribution in [2.24, 2.45) is 11.3 Å². The van der Waals surface area contributed by atoms with Gasteiger partial charge in [-0.05, 0) is 42.8 Å². The molecule has 0 N–H and O–H groups in total. The van der Waals surface area contributed by atoms with Crippen LogP contribution in [0.25, 0.3) is 0 Å². The van der Waals surface area contributed by atoms with Gasteiger partial charge in [-0.15, -0.1) is 11.8 Å². The summed E-state index contributed by atoms with van der Waals surface area (Å²) in [5.74, 6) is 1.85. The van der Waals surface area contributed by atoms with E-state index in [0.717, 1.165) is 5.75 Å². The Morgan fingerprint density at radius 3 is 2.31 bits per heavy atom. The van der Waals surface area contributed by atoms with Gasteiger partial charge in [-0.1, -0.05) is 33.1 Å². The predicted octanol–water partition coefficient (Wildman–Crippen LogP) is 4.38. The second kappa shape index (κ2) is 4.61. The van der Waals surface area contributed by atoms with Crippen molar-refractivity contribution in [1.82, 2.24) is 0 Å². The molecule has 0 atom stereocenters. The molecule has 0 heterocycles. The van der Waals surface area contributed by atoms with E-state index in [1.807, 2.05) is 11.8 Å². The van der Waals surface area contributed by atoms with Crippen LogP contribution < -0.4 is 0 Å². The van der Waals surface area contributed by atoms with Crippen molar-refractivity contribution >= 4 is 11.8 Å². The highest BCUT2D eigenvalue weighted by Gasteiger charge is 2.55. The number of nitriles is 1. The Balaban J connectivity index is 1.89. The fourth-order valence-electron chi connectivity index (χ4n) is 3.35. The van der Waals surface area contributed by atoms with Gasteiger partial charge < -0.3 is 0 Å². The van der Waals surface area contributed by atoms with Crippen molar-refractivity contribution in [3.8, 4) is 6.07 Å². The second-order valence-corrected chi connectivity index (χ2v) is 7.63. The third-order valence-electron chi connectivity index (χ3n) is 4.13. The van der Waals surface area contributed by atoms with E-state index in [9.17, 15) is 5.26 Å². The molecule has 0 unspecified atom stereocenters. The molecule has 2 aliphatic carbocycles. The first kappa shape index (κ1) is 12.3. The number of thioether (sulfide) groups is 1. The molecule has 0 aliphatic heterocycles. The molecule has 2 saturated carbocycles. The van der Waals surface area contributed by atoms with Crippen LogP contribution in [-0.4, -0.2) is 10.5 Å². The third kappa shape index (κ3) is 2.40. The van der Waals surface area contributed by atoms with E-state index < -0.39 is 0 Å². The Bertz CT molecular complexity index is 276. The van der Waals surface area contributed by atoms with E-state index in [1.165, 1.54) is 44.9 Å². The molecule has 0 aromatic heterocycles. The zero-order valence-electron chi connectivity index (χ0n) is 10.6. The minimum absolute atomic E-state index is 0.0123. The maximum absolute atomic E-state index is 9.39. The molecule has 2 aliphatic rings. The molecule has 2 heteroatoms. The predicted molar refractivity (Wildman–Crippen MR) is 70.4 cm³/mol. The van der Waals surface area contributed by atoms with Gasteiger partial charge in [0, 0.05) is 0 Å². The Kier molecular flexibility index (Phi) is 3.54. The van der Waals surface area contributed by atoms with Crippen LogP contribution in [0.3, 0.4) is 0 Å². The summed E-state index contributed by atoms with van der Waals surface area (Å²) in [6, 6.07) is 2.60. The topological polar surface area (TPSA) is 23.8 Å². The van der Waals surface area contributed by atoms with E-state index in [4.69, 9.17) is 0 Å². The summed E-state index contributed by atoms with van der Waals surface area (Å²) in [6.45, 7) is 4.49. The first-order chi connectivity index (χ1) is 7.60. The summed E-state index contributed by atoms with van der Waals surface area (Å²) >= 11 is 1.93. The summed E-state index contributed by atoms with van der Waals surface area (Å²) in [7, 11) is 0. The highest BCUT2D eigenvalue weighted by molar-refractivity contribution is 8.00. The van der Waals surface area contributed by atoms with E-state index in [-0.39, 0.29) is 4.75 Å². The van der Waals surface area contributed by atoms with Crippen molar-refractivity contribution in [2.75, 3.05) is 5.75 Å². The van der Waals surface area contributed by atoms with Crippen molar-refractivity contribution in [3.05, 3.63) is 0 Å². The fraction of sp³-hybridized carbons (Fsp3) is 0.929. The van der Waals surface area contributed by atoms with Gasteiger partial charge in [-0.25, -0.2) is 0 Å². The van der Waals surface area contributed by atoms with E-state index in [2.05, 4.69) is 19.9 Å². The summed E-state index contributed by atoms with van der Waals surface area (Å²) < 4.78 is -0.0123. The van der Waals surface area contributed by atoms with Crippen molar-refractivity contribution in [2.45, 2.75) is 63.5 Å². The van der Waals surface area contributed by atoms with Crippen LogP contribution in [0.2, 0.25) is 0 Å². The standard InChI is InChI=1S/C14H23NS/c1-12(2)8-16-14(11-15)9-13(10-14)6-4-3-5-7-13/h12H,3-10H2,1-2H3. The van der Waals surface area contributed by atoms with Crippen LogP contribution >= 0.6 is 11.8 Å². The normalized spacial score (nSPS) is 26.4. The van der Waals surface area contributed by atoms with Gasteiger partial charge in [0.1, 0.15) is 4.75 Å². The molecule has 1 nitrogen and oxygen atoms in total. The van der Waals surface area contributed by atoms with E-state index in [1.54, 1.807) is 0 Å². The average molecular weight is 237 g/mol. The minimum atomic E-state index is -0.0123. The molecule has 0 saturated heterocycles. The minimum Gasteiger partial charge on any atom is -0.197 e. The quantitative estimate of drug-likeness (QED) is 0.727. The summed E-state index contributed by atoms with van der Waals surface area (Å²) in [5, 5.41) is 9.39. The number of hydrogen-bond acceptors (Lipinski definition) is 2. The molecular formula is C14H23NS. The molecule has 0 aromatic carbocycles. The SMILES string of the molecule is CC(C)CSC1(C#N)CC2(CCCCC2)C1.